The van der Waals surface area contributed by atoms with E-state index < -0.39 is 18.0 Å². The van der Waals surface area contributed by atoms with Crippen LogP contribution in [0.25, 0.3) is 0 Å². The molecule has 3 unspecified atom stereocenters. The monoisotopic (exact) mass is 240 g/mol. The average molecular weight is 240 g/mol. The van der Waals surface area contributed by atoms with Gasteiger partial charge in [0.25, 0.3) is 0 Å². The van der Waals surface area contributed by atoms with Gasteiger partial charge in [0.2, 0.25) is 0 Å². The number of carboxylic acid groups (broad SMARTS) is 1. The number of hydrogen-bond acceptors (Lipinski definition) is 3. The van der Waals surface area contributed by atoms with Gasteiger partial charge in [0.05, 0.1) is 30.2 Å². The Labute approximate surface area is 101 Å². The van der Waals surface area contributed by atoms with Gasteiger partial charge >= 0.3 is 5.97 Å². The maximum Gasteiger partial charge on any atom is 0.306 e. The first-order valence-corrected chi connectivity index (χ1v) is 5.78. The summed E-state index contributed by atoms with van der Waals surface area (Å²) < 4.78 is 1.86. The van der Waals surface area contributed by atoms with E-state index in [0.717, 1.165) is 0 Å². The fraction of sp³-hybridized carbons (Fsp3) is 0.667. The topological polar surface area (TPSA) is 75.3 Å². The number of hydrogen-bond donors (Lipinski definition) is 2. The summed E-state index contributed by atoms with van der Waals surface area (Å²) in [7, 11) is 0. The van der Waals surface area contributed by atoms with Gasteiger partial charge in [-0.25, -0.2) is 4.98 Å². The zero-order valence-electron chi connectivity index (χ0n) is 10.7. The van der Waals surface area contributed by atoms with Crippen LogP contribution in [-0.2, 0) is 4.79 Å². The molecule has 3 atom stereocenters. The molecule has 0 spiro atoms. The summed E-state index contributed by atoms with van der Waals surface area (Å²) >= 11 is 0. The zero-order valence-corrected chi connectivity index (χ0v) is 10.7. The Morgan fingerprint density at radius 1 is 1.35 bits per heavy atom. The van der Waals surface area contributed by atoms with E-state index >= 15 is 0 Å². The fourth-order valence-electron chi connectivity index (χ4n) is 1.74. The largest absolute Gasteiger partial charge is 0.481 e. The molecule has 0 aromatic carbocycles. The number of aliphatic carboxylic acids is 1. The van der Waals surface area contributed by atoms with E-state index in [4.69, 9.17) is 5.11 Å². The van der Waals surface area contributed by atoms with Gasteiger partial charge in [0, 0.05) is 12.0 Å². The Bertz CT molecular complexity index is 387. The summed E-state index contributed by atoms with van der Waals surface area (Å²) in [5, 5.41) is 19.1. The molecule has 0 aliphatic rings. The summed E-state index contributed by atoms with van der Waals surface area (Å²) in [5.74, 6) is -1.85. The van der Waals surface area contributed by atoms with Crippen molar-refractivity contribution in [3.63, 3.8) is 0 Å². The summed E-state index contributed by atoms with van der Waals surface area (Å²) in [6.07, 6.45) is 2.43. The summed E-state index contributed by atoms with van der Waals surface area (Å²) in [6.45, 7) is 7.32. The van der Waals surface area contributed by atoms with Crippen LogP contribution in [0.4, 0.5) is 0 Å². The van der Waals surface area contributed by atoms with Crippen LogP contribution in [-0.4, -0.2) is 25.7 Å². The lowest BCUT2D eigenvalue weighted by atomic mass is 9.89. The highest BCUT2D eigenvalue weighted by Crippen LogP contribution is 2.29. The van der Waals surface area contributed by atoms with Crippen molar-refractivity contribution in [2.75, 3.05) is 0 Å². The average Bonchev–Trinajstić information content (AvgIpc) is 2.74. The minimum Gasteiger partial charge on any atom is -0.481 e. The van der Waals surface area contributed by atoms with Crippen LogP contribution in [0.3, 0.4) is 0 Å². The first-order chi connectivity index (χ1) is 7.86. The molecule has 5 nitrogen and oxygen atoms in total. The molecular formula is C12H20N2O3. The number of aromatic nitrogens is 2. The molecule has 1 heterocycles. The summed E-state index contributed by atoms with van der Waals surface area (Å²) in [5.41, 5.74) is 0.667. The Hall–Kier alpha value is -1.36. The minimum absolute atomic E-state index is 0.189. The van der Waals surface area contributed by atoms with E-state index in [2.05, 4.69) is 4.98 Å². The Morgan fingerprint density at radius 3 is 2.41 bits per heavy atom. The van der Waals surface area contributed by atoms with Crippen LogP contribution in [0, 0.1) is 11.8 Å². The van der Waals surface area contributed by atoms with Crippen molar-refractivity contribution in [3.8, 4) is 0 Å². The Kier molecular flexibility index (Phi) is 4.28. The van der Waals surface area contributed by atoms with Crippen LogP contribution in [0.5, 0.6) is 0 Å². The Balaban J connectivity index is 2.92. The van der Waals surface area contributed by atoms with E-state index in [1.807, 2.05) is 18.4 Å². The maximum absolute atomic E-state index is 10.9. The van der Waals surface area contributed by atoms with Crippen LogP contribution in [0.2, 0.25) is 0 Å². The molecule has 2 N–H and O–H groups in total. The molecule has 0 amide bonds. The molecule has 0 radical (unpaired) electrons. The van der Waals surface area contributed by atoms with Gasteiger partial charge in [-0.15, -0.1) is 0 Å². The van der Waals surface area contributed by atoms with Gasteiger partial charge < -0.3 is 14.8 Å². The van der Waals surface area contributed by atoms with E-state index in [1.54, 1.807) is 26.4 Å². The number of aliphatic hydroxyl groups excluding tert-OH is 1. The number of rotatable bonds is 5. The first kappa shape index (κ1) is 13.7. The summed E-state index contributed by atoms with van der Waals surface area (Å²) in [4.78, 5) is 14.9. The molecule has 0 bridgehead atoms. The van der Waals surface area contributed by atoms with Gasteiger partial charge in [0.15, 0.2) is 0 Å². The first-order valence-electron chi connectivity index (χ1n) is 5.78. The van der Waals surface area contributed by atoms with Gasteiger partial charge in [-0.1, -0.05) is 13.8 Å². The molecule has 0 saturated heterocycles. The normalized spacial score (nSPS) is 16.8. The second-order valence-electron chi connectivity index (χ2n) is 4.75. The zero-order chi connectivity index (χ0) is 13.2. The molecular weight excluding hydrogens is 220 g/mol. The van der Waals surface area contributed by atoms with Crippen molar-refractivity contribution in [1.29, 1.82) is 0 Å². The molecule has 0 fully saturated rings. The third-order valence-electron chi connectivity index (χ3n) is 3.23. The Morgan fingerprint density at radius 2 is 1.94 bits per heavy atom. The number of carboxylic acids is 1. The second kappa shape index (κ2) is 5.31. The lowest BCUT2D eigenvalue weighted by molar-refractivity contribution is -0.144. The number of imidazole rings is 1. The second-order valence-corrected chi connectivity index (χ2v) is 4.75. The van der Waals surface area contributed by atoms with Gasteiger partial charge in [-0.2, -0.15) is 0 Å². The van der Waals surface area contributed by atoms with E-state index in [-0.39, 0.29) is 12.0 Å². The molecule has 5 heteroatoms. The highest BCUT2D eigenvalue weighted by molar-refractivity contribution is 5.69. The van der Waals surface area contributed by atoms with Gasteiger partial charge in [-0.3, -0.25) is 4.79 Å². The molecule has 0 aliphatic carbocycles. The predicted molar refractivity (Wildman–Crippen MR) is 63.5 cm³/mol. The van der Waals surface area contributed by atoms with E-state index in [0.29, 0.717) is 5.69 Å². The number of aliphatic hydroxyl groups is 1. The lowest BCUT2D eigenvalue weighted by Gasteiger charge is -2.24. The van der Waals surface area contributed by atoms with Crippen molar-refractivity contribution in [1.82, 2.24) is 9.55 Å². The van der Waals surface area contributed by atoms with Crippen molar-refractivity contribution in [2.45, 2.75) is 39.8 Å². The SMILES string of the molecule is CC(C(=O)O)C(C)C(O)c1cncn1C(C)C. The molecule has 1 aromatic heterocycles. The summed E-state index contributed by atoms with van der Waals surface area (Å²) in [6, 6.07) is 0.189. The van der Waals surface area contributed by atoms with Crippen molar-refractivity contribution in [3.05, 3.63) is 18.2 Å². The maximum atomic E-state index is 10.9. The van der Waals surface area contributed by atoms with E-state index in [1.165, 1.54) is 0 Å². The van der Waals surface area contributed by atoms with Gasteiger partial charge in [0.1, 0.15) is 0 Å². The third-order valence-corrected chi connectivity index (χ3v) is 3.23. The predicted octanol–water partition coefficient (Wildman–Crippen LogP) is 1.85. The van der Waals surface area contributed by atoms with Crippen molar-refractivity contribution >= 4 is 5.97 Å². The molecule has 17 heavy (non-hydrogen) atoms. The molecule has 0 saturated carbocycles. The number of carbonyl (C=O) groups is 1. The lowest BCUT2D eigenvalue weighted by Crippen LogP contribution is -2.25. The molecule has 1 rings (SSSR count). The molecule has 96 valence electrons. The fourth-order valence-corrected chi connectivity index (χ4v) is 1.74. The van der Waals surface area contributed by atoms with E-state index in [9.17, 15) is 9.90 Å². The highest BCUT2D eigenvalue weighted by Gasteiger charge is 2.29. The number of nitrogens with zero attached hydrogens (tertiary/aromatic N) is 2. The molecule has 0 aliphatic heterocycles. The van der Waals surface area contributed by atoms with Crippen molar-refractivity contribution < 1.29 is 15.0 Å². The standard InChI is InChI=1S/C12H20N2O3/c1-7(2)14-6-13-5-10(14)11(15)8(3)9(4)12(16)17/h5-9,11,15H,1-4H3,(H,16,17). The highest BCUT2D eigenvalue weighted by atomic mass is 16.4. The van der Waals surface area contributed by atoms with Gasteiger partial charge in [-0.05, 0) is 13.8 Å². The third kappa shape index (κ3) is 2.85. The molecule has 1 aromatic rings. The van der Waals surface area contributed by atoms with Crippen LogP contribution < -0.4 is 0 Å². The smallest absolute Gasteiger partial charge is 0.306 e. The van der Waals surface area contributed by atoms with Crippen LogP contribution in [0.15, 0.2) is 12.5 Å². The van der Waals surface area contributed by atoms with Crippen LogP contribution in [0.1, 0.15) is 45.5 Å². The minimum atomic E-state index is -0.896. The quantitative estimate of drug-likeness (QED) is 0.823. The van der Waals surface area contributed by atoms with Crippen molar-refractivity contribution in [2.24, 2.45) is 11.8 Å². The van der Waals surface area contributed by atoms with Crippen LogP contribution >= 0.6 is 0 Å².